The third kappa shape index (κ3) is 13.4. The summed E-state index contributed by atoms with van der Waals surface area (Å²) in [7, 11) is -9.02. The summed E-state index contributed by atoms with van der Waals surface area (Å²) in [6, 6.07) is 5.23. The van der Waals surface area contributed by atoms with Crippen molar-refractivity contribution in [3.63, 3.8) is 0 Å². The average molecular weight is 511 g/mol. The van der Waals surface area contributed by atoms with E-state index >= 15 is 0 Å². The zero-order valence-corrected chi connectivity index (χ0v) is 27.1. The Balaban J connectivity index is 3.17. The Labute approximate surface area is 195 Å². The molecular weight excluding hydrogens is 461 g/mol. The van der Waals surface area contributed by atoms with Crippen LogP contribution < -0.4 is 0 Å². The van der Waals surface area contributed by atoms with Crippen molar-refractivity contribution in [1.82, 2.24) is 0 Å². The summed E-state index contributed by atoms with van der Waals surface area (Å²) in [5, 5.41) is 0. The van der Waals surface area contributed by atoms with Crippen LogP contribution in [0.4, 0.5) is 0 Å². The van der Waals surface area contributed by atoms with Gasteiger partial charge in [0.05, 0.1) is 0 Å². The quantitative estimate of drug-likeness (QED) is 0.406. The highest BCUT2D eigenvalue weighted by Crippen LogP contribution is 2.23. The maximum absolute atomic E-state index is 6.75. The molecule has 0 amide bonds. The van der Waals surface area contributed by atoms with Crippen molar-refractivity contribution in [1.29, 1.82) is 0 Å². The zero-order chi connectivity index (χ0) is 22.8. The van der Waals surface area contributed by atoms with Gasteiger partial charge in [-0.15, -0.1) is 0 Å². The van der Waals surface area contributed by atoms with Crippen LogP contribution in [0.1, 0.15) is 69.2 Å². The van der Waals surface area contributed by atoms with Crippen LogP contribution in [0.25, 0.3) is 0 Å². The first kappa shape index (κ1) is 28.9. The molecule has 1 saturated heterocycles. The summed E-state index contributed by atoms with van der Waals surface area (Å²) in [5.74, 6) is 2.90. The summed E-state index contributed by atoms with van der Waals surface area (Å²) in [5.41, 5.74) is 0. The molecule has 1 fully saturated rings. The van der Waals surface area contributed by atoms with Crippen molar-refractivity contribution >= 4 is 46.4 Å². The molecule has 0 aromatic heterocycles. The van der Waals surface area contributed by atoms with E-state index in [1.807, 2.05) is 0 Å². The van der Waals surface area contributed by atoms with Gasteiger partial charge < -0.3 is 20.6 Å². The van der Waals surface area contributed by atoms with E-state index in [0.717, 1.165) is 30.2 Å². The minimum Gasteiger partial charge on any atom is -0.420 e. The number of rotatable bonds is 10. The second-order valence-corrected chi connectivity index (χ2v) is 23.1. The molecule has 10 heteroatoms. The molecule has 1 heterocycles. The number of hydrogen-bond donors (Lipinski definition) is 0. The van der Waals surface area contributed by atoms with E-state index in [0.29, 0.717) is 29.6 Å². The highest BCUT2D eigenvalue weighted by molar-refractivity contribution is 6.74. The van der Waals surface area contributed by atoms with E-state index in [9.17, 15) is 0 Å². The molecule has 0 bridgehead atoms. The van der Waals surface area contributed by atoms with Gasteiger partial charge in [0.2, 0.25) is 0 Å². The van der Waals surface area contributed by atoms with E-state index < -0.39 is 46.4 Å². The number of hydrogen-bond acceptors (Lipinski definition) is 5. The van der Waals surface area contributed by atoms with Crippen LogP contribution in [0, 0.1) is 29.6 Å². The van der Waals surface area contributed by atoms with Gasteiger partial charge in [-0.3, -0.25) is 0 Å². The van der Waals surface area contributed by atoms with Crippen molar-refractivity contribution in [3.8, 4) is 0 Å². The molecule has 0 aliphatic carbocycles. The lowest BCUT2D eigenvalue weighted by Crippen LogP contribution is -2.49. The molecule has 0 radical (unpaired) electrons. The van der Waals surface area contributed by atoms with Crippen LogP contribution in [-0.4, -0.2) is 46.4 Å². The van der Waals surface area contributed by atoms with Crippen LogP contribution in [-0.2, 0) is 20.6 Å². The highest BCUT2D eigenvalue weighted by Gasteiger charge is 2.36. The minimum atomic E-state index is -1.80. The third-order valence-electron chi connectivity index (χ3n) is 4.84. The van der Waals surface area contributed by atoms with Crippen LogP contribution in [0.2, 0.25) is 30.2 Å². The average Bonchev–Trinajstić information content (AvgIpc) is 2.50. The molecule has 0 saturated carbocycles. The van der Waals surface area contributed by atoms with Crippen LogP contribution in [0.15, 0.2) is 0 Å². The fourth-order valence-electron chi connectivity index (χ4n) is 3.49. The zero-order valence-electron chi connectivity index (χ0n) is 21.4. The van der Waals surface area contributed by atoms with Crippen molar-refractivity contribution < 1.29 is 20.6 Å². The van der Waals surface area contributed by atoms with Gasteiger partial charge in [0.25, 0.3) is 0 Å². The van der Waals surface area contributed by atoms with Gasteiger partial charge in [-0.2, -0.15) is 0 Å². The van der Waals surface area contributed by atoms with Crippen molar-refractivity contribution in [2.24, 2.45) is 29.6 Å². The monoisotopic (exact) mass is 510 g/mol. The smallest absolute Gasteiger partial charge is 0.303 e. The molecule has 1 aliphatic rings. The van der Waals surface area contributed by atoms with Gasteiger partial charge in [-0.1, -0.05) is 69.2 Å². The second kappa shape index (κ2) is 14.9. The summed E-state index contributed by atoms with van der Waals surface area (Å²) >= 11 is 0. The van der Waals surface area contributed by atoms with Gasteiger partial charge in [0.1, 0.15) is 0 Å². The molecule has 0 spiro atoms. The van der Waals surface area contributed by atoms with E-state index in [4.69, 9.17) is 20.6 Å². The molecular formula is C20H50O5Si5. The molecule has 0 atom stereocenters. The minimum absolute atomic E-state index is 0.579. The lowest BCUT2D eigenvalue weighted by molar-refractivity contribution is 0.268. The molecule has 0 N–H and O–H groups in total. The Kier molecular flexibility index (Phi) is 14.4. The van der Waals surface area contributed by atoms with Gasteiger partial charge in [0.15, 0.2) is 0 Å². The van der Waals surface area contributed by atoms with Gasteiger partial charge >= 0.3 is 46.4 Å². The maximum Gasteiger partial charge on any atom is 0.303 e. The molecule has 180 valence electrons. The van der Waals surface area contributed by atoms with Crippen LogP contribution >= 0.6 is 0 Å². The molecule has 0 unspecified atom stereocenters. The Morgan fingerprint density at radius 3 is 0.567 bits per heavy atom. The Bertz CT molecular complexity index is 350. The van der Waals surface area contributed by atoms with E-state index in [1.54, 1.807) is 0 Å². The van der Waals surface area contributed by atoms with E-state index in [-0.39, 0.29) is 0 Å². The summed E-state index contributed by atoms with van der Waals surface area (Å²) < 4.78 is 33.7. The van der Waals surface area contributed by atoms with Gasteiger partial charge in [-0.25, -0.2) is 0 Å². The van der Waals surface area contributed by atoms with Crippen molar-refractivity contribution in [2.45, 2.75) is 99.5 Å². The third-order valence-corrected chi connectivity index (χ3v) is 23.6. The highest BCUT2D eigenvalue weighted by atomic mass is 28.5. The molecule has 1 rings (SSSR count). The maximum atomic E-state index is 6.75. The predicted octanol–water partition coefficient (Wildman–Crippen LogP) is 4.47. The van der Waals surface area contributed by atoms with Crippen LogP contribution in [0.3, 0.4) is 0 Å². The Morgan fingerprint density at radius 1 is 0.333 bits per heavy atom. The first-order chi connectivity index (χ1) is 13.9. The van der Waals surface area contributed by atoms with Crippen LogP contribution in [0.5, 0.6) is 0 Å². The van der Waals surface area contributed by atoms with Gasteiger partial charge in [0, 0.05) is 0 Å². The Morgan fingerprint density at radius 2 is 0.467 bits per heavy atom. The predicted molar refractivity (Wildman–Crippen MR) is 139 cm³/mol. The van der Waals surface area contributed by atoms with E-state index in [1.165, 1.54) is 0 Å². The second-order valence-electron chi connectivity index (χ2n) is 11.0. The lowest BCUT2D eigenvalue weighted by Gasteiger charge is -2.36. The Hall–Kier alpha value is 0.884. The first-order valence-electron chi connectivity index (χ1n) is 12.2. The largest absolute Gasteiger partial charge is 0.420 e. The molecule has 0 aromatic rings. The van der Waals surface area contributed by atoms with Crippen molar-refractivity contribution in [3.05, 3.63) is 0 Å². The lowest BCUT2D eigenvalue weighted by atomic mass is 10.3. The molecule has 30 heavy (non-hydrogen) atoms. The fraction of sp³-hybridized carbons (Fsp3) is 1.00. The molecule has 1 aliphatic heterocycles. The summed E-state index contributed by atoms with van der Waals surface area (Å²) in [4.78, 5) is 0. The molecule has 5 nitrogen and oxygen atoms in total. The van der Waals surface area contributed by atoms with E-state index in [2.05, 4.69) is 69.2 Å². The standard InChI is InChI=1S/C20H50O5Si5/c1-16(2)11-26-21-27(12-17(3)4)23-29(14-19(7)8)25-30(15-20(9)10)24-28(22-26)13-18(5)6/h16-20,26-30H,11-15H2,1-10H3. The first-order valence-corrected chi connectivity index (χ1v) is 21.0. The normalized spacial score (nSPS) is 29.5. The summed E-state index contributed by atoms with van der Waals surface area (Å²) in [6.07, 6.45) is 0. The topological polar surface area (TPSA) is 46.2 Å². The van der Waals surface area contributed by atoms with Gasteiger partial charge in [-0.05, 0) is 59.8 Å². The summed E-state index contributed by atoms with van der Waals surface area (Å²) in [6.45, 7) is 22.7. The molecule has 0 aromatic carbocycles. The fourth-order valence-corrected chi connectivity index (χ4v) is 22.7. The van der Waals surface area contributed by atoms with Crippen molar-refractivity contribution in [2.75, 3.05) is 0 Å². The SMILES string of the molecule is CC(C)C[SiH]1O[SiH](CC(C)C)O[SiH](CC(C)C)O[SiH](CC(C)C)O[SiH](CC(C)C)O1.